The van der Waals surface area contributed by atoms with Gasteiger partial charge in [0.25, 0.3) is 0 Å². The molecule has 0 saturated carbocycles. The summed E-state index contributed by atoms with van der Waals surface area (Å²) >= 11 is 5.81. The molecule has 0 aliphatic heterocycles. The molecule has 106 valence electrons. The highest BCUT2D eigenvalue weighted by molar-refractivity contribution is 6.21. The molecule has 1 atom stereocenters. The van der Waals surface area contributed by atoms with Crippen LogP contribution in [0.3, 0.4) is 0 Å². The molecule has 0 aliphatic rings. The van der Waals surface area contributed by atoms with Gasteiger partial charge in [-0.25, -0.2) is 22.0 Å². The van der Waals surface area contributed by atoms with Crippen molar-refractivity contribution in [3.8, 4) is 0 Å². The van der Waals surface area contributed by atoms with Gasteiger partial charge in [-0.1, -0.05) is 30.3 Å². The van der Waals surface area contributed by atoms with Crippen LogP contribution < -0.4 is 0 Å². The SMILES string of the molecule is Fc1c(F)c(F)c(C(Cl)Cc2ccccc2)c(F)c1F. The Hall–Kier alpha value is -1.62. The number of rotatable bonds is 3. The highest BCUT2D eigenvalue weighted by atomic mass is 35.5. The van der Waals surface area contributed by atoms with Crippen LogP contribution in [0.15, 0.2) is 30.3 Å². The monoisotopic (exact) mass is 306 g/mol. The maximum Gasteiger partial charge on any atom is 0.200 e. The number of halogens is 6. The zero-order chi connectivity index (χ0) is 14.9. The summed E-state index contributed by atoms with van der Waals surface area (Å²) in [6.45, 7) is 0. The Bertz CT molecular complexity index is 598. The minimum absolute atomic E-state index is 0.0548. The number of hydrogen-bond donors (Lipinski definition) is 0. The number of benzene rings is 2. The second-order valence-electron chi connectivity index (χ2n) is 4.14. The van der Waals surface area contributed by atoms with Crippen molar-refractivity contribution >= 4 is 11.6 Å². The quantitative estimate of drug-likeness (QED) is 0.327. The lowest BCUT2D eigenvalue weighted by Gasteiger charge is -2.13. The molecule has 0 bridgehead atoms. The molecule has 2 rings (SSSR count). The van der Waals surface area contributed by atoms with E-state index in [0.717, 1.165) is 0 Å². The van der Waals surface area contributed by atoms with Crippen LogP contribution in [0.1, 0.15) is 16.5 Å². The van der Waals surface area contributed by atoms with Gasteiger partial charge in [-0.2, -0.15) is 0 Å². The van der Waals surface area contributed by atoms with Gasteiger partial charge in [0.1, 0.15) is 0 Å². The third-order valence-corrected chi connectivity index (χ3v) is 3.19. The van der Waals surface area contributed by atoms with Crippen LogP contribution in [0.4, 0.5) is 22.0 Å². The van der Waals surface area contributed by atoms with Crippen molar-refractivity contribution in [3.63, 3.8) is 0 Å². The van der Waals surface area contributed by atoms with Crippen LogP contribution in [0.2, 0.25) is 0 Å². The number of alkyl halides is 1. The molecule has 2 aromatic carbocycles. The Morgan fingerprint density at radius 3 is 1.70 bits per heavy atom. The second-order valence-corrected chi connectivity index (χ2v) is 4.67. The molecular weight excluding hydrogens is 299 g/mol. The average Bonchev–Trinajstić information content (AvgIpc) is 2.44. The van der Waals surface area contributed by atoms with Crippen molar-refractivity contribution in [1.29, 1.82) is 0 Å². The van der Waals surface area contributed by atoms with Crippen molar-refractivity contribution in [1.82, 2.24) is 0 Å². The summed E-state index contributed by atoms with van der Waals surface area (Å²) in [6, 6.07) is 8.36. The van der Waals surface area contributed by atoms with E-state index >= 15 is 0 Å². The van der Waals surface area contributed by atoms with Gasteiger partial charge in [-0.05, 0) is 12.0 Å². The zero-order valence-electron chi connectivity index (χ0n) is 9.94. The van der Waals surface area contributed by atoms with Crippen molar-refractivity contribution < 1.29 is 22.0 Å². The molecule has 0 aromatic heterocycles. The van der Waals surface area contributed by atoms with Crippen LogP contribution >= 0.6 is 11.6 Å². The van der Waals surface area contributed by atoms with Crippen LogP contribution in [0, 0.1) is 29.1 Å². The van der Waals surface area contributed by atoms with Gasteiger partial charge in [-0.15, -0.1) is 11.6 Å². The molecule has 0 nitrogen and oxygen atoms in total. The van der Waals surface area contributed by atoms with Gasteiger partial charge in [0, 0.05) is 5.56 Å². The van der Waals surface area contributed by atoms with E-state index in [1.54, 1.807) is 30.3 Å². The smallest absolute Gasteiger partial charge is 0.200 e. The summed E-state index contributed by atoms with van der Waals surface area (Å²) in [7, 11) is 0. The van der Waals surface area contributed by atoms with Gasteiger partial charge in [-0.3, -0.25) is 0 Å². The topological polar surface area (TPSA) is 0 Å². The van der Waals surface area contributed by atoms with Crippen molar-refractivity contribution in [3.05, 3.63) is 70.5 Å². The summed E-state index contributed by atoms with van der Waals surface area (Å²) in [4.78, 5) is 0. The summed E-state index contributed by atoms with van der Waals surface area (Å²) in [6.07, 6.45) is -0.0548. The van der Waals surface area contributed by atoms with E-state index < -0.39 is 40.0 Å². The fraction of sp³-hybridized carbons (Fsp3) is 0.143. The van der Waals surface area contributed by atoms with Gasteiger partial charge in [0.15, 0.2) is 23.3 Å². The summed E-state index contributed by atoms with van der Waals surface area (Å²) in [5.74, 6) is -9.95. The molecule has 0 fully saturated rings. The Balaban J connectivity index is 2.42. The molecule has 6 heteroatoms. The molecule has 0 spiro atoms. The maximum atomic E-state index is 13.6. The standard InChI is InChI=1S/C14H8ClF5/c15-8(6-7-4-2-1-3-5-7)9-10(16)12(18)14(20)13(19)11(9)17/h1-5,8H,6H2. The molecule has 0 amide bonds. The fourth-order valence-electron chi connectivity index (χ4n) is 1.82. The Kier molecular flexibility index (Phi) is 4.28. The van der Waals surface area contributed by atoms with E-state index in [9.17, 15) is 22.0 Å². The molecule has 0 heterocycles. The average molecular weight is 307 g/mol. The van der Waals surface area contributed by atoms with Crippen LogP contribution in [-0.4, -0.2) is 0 Å². The molecular formula is C14H8ClF5. The largest absolute Gasteiger partial charge is 0.203 e. The summed E-state index contributed by atoms with van der Waals surface area (Å²) in [5, 5.41) is -1.36. The molecule has 0 radical (unpaired) electrons. The minimum Gasteiger partial charge on any atom is -0.203 e. The highest BCUT2D eigenvalue weighted by Crippen LogP contribution is 2.33. The highest BCUT2D eigenvalue weighted by Gasteiger charge is 2.29. The van der Waals surface area contributed by atoms with E-state index in [1.165, 1.54) is 0 Å². The molecule has 2 aromatic rings. The predicted molar refractivity (Wildman–Crippen MR) is 65.0 cm³/mol. The van der Waals surface area contributed by atoms with E-state index in [-0.39, 0.29) is 6.42 Å². The first-order valence-electron chi connectivity index (χ1n) is 5.62. The predicted octanol–water partition coefficient (Wildman–Crippen LogP) is 4.90. The lowest BCUT2D eigenvalue weighted by atomic mass is 10.0. The van der Waals surface area contributed by atoms with Crippen molar-refractivity contribution in [2.24, 2.45) is 0 Å². The van der Waals surface area contributed by atoms with E-state index in [2.05, 4.69) is 0 Å². The van der Waals surface area contributed by atoms with Crippen LogP contribution in [0.25, 0.3) is 0 Å². The maximum absolute atomic E-state index is 13.6. The second kappa shape index (κ2) is 5.79. The molecule has 0 N–H and O–H groups in total. The van der Waals surface area contributed by atoms with Gasteiger partial charge in [0.2, 0.25) is 5.82 Å². The third-order valence-electron chi connectivity index (χ3n) is 2.81. The Morgan fingerprint density at radius 2 is 1.20 bits per heavy atom. The van der Waals surface area contributed by atoms with Gasteiger partial charge in [0.05, 0.1) is 5.38 Å². The molecule has 1 unspecified atom stereocenters. The molecule has 0 aliphatic carbocycles. The third kappa shape index (κ3) is 2.63. The first kappa shape index (κ1) is 14.8. The van der Waals surface area contributed by atoms with Gasteiger partial charge < -0.3 is 0 Å². The van der Waals surface area contributed by atoms with E-state index in [0.29, 0.717) is 5.56 Å². The summed E-state index contributed by atoms with van der Waals surface area (Å²) in [5.41, 5.74) is -0.386. The van der Waals surface area contributed by atoms with Crippen molar-refractivity contribution in [2.75, 3.05) is 0 Å². The van der Waals surface area contributed by atoms with Crippen molar-refractivity contribution in [2.45, 2.75) is 11.8 Å². The van der Waals surface area contributed by atoms with E-state index in [4.69, 9.17) is 11.6 Å². The first-order chi connectivity index (χ1) is 9.43. The molecule has 0 saturated heterocycles. The fourth-order valence-corrected chi connectivity index (χ4v) is 2.19. The van der Waals surface area contributed by atoms with Gasteiger partial charge >= 0.3 is 0 Å². The van der Waals surface area contributed by atoms with Crippen LogP contribution in [-0.2, 0) is 6.42 Å². The lowest BCUT2D eigenvalue weighted by molar-refractivity contribution is 0.369. The minimum atomic E-state index is -2.19. The Morgan fingerprint density at radius 1 is 0.750 bits per heavy atom. The Labute approximate surface area is 116 Å². The number of hydrogen-bond acceptors (Lipinski definition) is 0. The normalized spacial score (nSPS) is 12.5. The summed E-state index contributed by atoms with van der Waals surface area (Å²) < 4.78 is 66.2. The zero-order valence-corrected chi connectivity index (χ0v) is 10.7. The molecule has 20 heavy (non-hydrogen) atoms. The van der Waals surface area contributed by atoms with E-state index in [1.807, 2.05) is 0 Å². The van der Waals surface area contributed by atoms with Crippen LogP contribution in [0.5, 0.6) is 0 Å². The lowest BCUT2D eigenvalue weighted by Crippen LogP contribution is -2.10. The first-order valence-corrected chi connectivity index (χ1v) is 6.06.